The number of nitrogens with zero attached hydrogens (tertiary/aromatic N) is 2. The average molecular weight is 235 g/mol. The van der Waals surface area contributed by atoms with Gasteiger partial charge >= 0.3 is 0 Å². The van der Waals surface area contributed by atoms with Crippen molar-refractivity contribution in [3.63, 3.8) is 0 Å². The van der Waals surface area contributed by atoms with Gasteiger partial charge in [-0.05, 0) is 31.1 Å². The van der Waals surface area contributed by atoms with Crippen LogP contribution in [-0.2, 0) is 11.3 Å². The first-order chi connectivity index (χ1) is 8.45. The lowest BCUT2D eigenvalue weighted by Crippen LogP contribution is -2.37. The fourth-order valence-corrected chi connectivity index (χ4v) is 1.99. The summed E-state index contributed by atoms with van der Waals surface area (Å²) in [6.07, 6.45) is 4.91. The Morgan fingerprint density at radius 1 is 1.35 bits per heavy atom. The van der Waals surface area contributed by atoms with E-state index in [1.165, 1.54) is 18.5 Å². The zero-order chi connectivity index (χ0) is 11.8. The minimum absolute atomic E-state index is 0.892. The van der Waals surface area contributed by atoms with E-state index in [2.05, 4.69) is 21.3 Å². The van der Waals surface area contributed by atoms with Gasteiger partial charge in [-0.3, -0.25) is 9.88 Å². The lowest BCUT2D eigenvalue weighted by molar-refractivity contribution is 0.0374. The highest BCUT2D eigenvalue weighted by Gasteiger charge is 2.08. The van der Waals surface area contributed by atoms with Gasteiger partial charge in [0.15, 0.2) is 0 Å². The van der Waals surface area contributed by atoms with E-state index in [4.69, 9.17) is 4.74 Å². The summed E-state index contributed by atoms with van der Waals surface area (Å²) in [5, 5.41) is 3.44. The van der Waals surface area contributed by atoms with Gasteiger partial charge in [0.1, 0.15) is 0 Å². The Morgan fingerprint density at radius 2 is 2.24 bits per heavy atom. The van der Waals surface area contributed by atoms with Crippen LogP contribution in [-0.4, -0.2) is 49.3 Å². The largest absolute Gasteiger partial charge is 0.379 e. The summed E-state index contributed by atoms with van der Waals surface area (Å²) in [7, 11) is 0. The van der Waals surface area contributed by atoms with Gasteiger partial charge < -0.3 is 10.1 Å². The van der Waals surface area contributed by atoms with Crippen LogP contribution in [0.1, 0.15) is 12.0 Å². The van der Waals surface area contributed by atoms with Crippen LogP contribution in [0.4, 0.5) is 0 Å². The molecule has 1 aromatic rings. The quantitative estimate of drug-likeness (QED) is 0.743. The third-order valence-corrected chi connectivity index (χ3v) is 2.98. The molecule has 0 radical (unpaired) electrons. The van der Waals surface area contributed by atoms with Crippen LogP contribution in [0.15, 0.2) is 24.5 Å². The second-order valence-electron chi connectivity index (χ2n) is 4.35. The van der Waals surface area contributed by atoms with E-state index < -0.39 is 0 Å². The van der Waals surface area contributed by atoms with Gasteiger partial charge in [-0.1, -0.05) is 6.07 Å². The normalized spacial score (nSPS) is 17.2. The molecule has 0 atom stereocenters. The fraction of sp³-hybridized carbons (Fsp3) is 0.615. The van der Waals surface area contributed by atoms with E-state index in [1.54, 1.807) is 0 Å². The van der Waals surface area contributed by atoms with E-state index in [0.717, 1.165) is 39.4 Å². The summed E-state index contributed by atoms with van der Waals surface area (Å²) < 4.78 is 5.32. The molecule has 0 amide bonds. The maximum absolute atomic E-state index is 5.32. The Morgan fingerprint density at radius 3 is 3.00 bits per heavy atom. The van der Waals surface area contributed by atoms with Crippen molar-refractivity contribution in [3.05, 3.63) is 30.1 Å². The maximum atomic E-state index is 5.32. The standard InChI is InChI=1S/C13H21N3O/c1-3-13(11-14-4-1)12-15-5-2-6-16-7-9-17-10-8-16/h1,3-4,11,15H,2,5-10,12H2. The van der Waals surface area contributed by atoms with E-state index in [9.17, 15) is 0 Å². The minimum Gasteiger partial charge on any atom is -0.379 e. The molecule has 0 spiro atoms. The average Bonchev–Trinajstić information content (AvgIpc) is 2.41. The van der Waals surface area contributed by atoms with Crippen molar-refractivity contribution in [2.45, 2.75) is 13.0 Å². The van der Waals surface area contributed by atoms with Crippen molar-refractivity contribution in [3.8, 4) is 0 Å². The van der Waals surface area contributed by atoms with Crippen molar-refractivity contribution in [1.29, 1.82) is 0 Å². The molecule has 0 bridgehead atoms. The zero-order valence-corrected chi connectivity index (χ0v) is 10.3. The maximum Gasteiger partial charge on any atom is 0.0594 e. The Hall–Kier alpha value is -0.970. The molecule has 2 heterocycles. The molecule has 1 fully saturated rings. The first-order valence-corrected chi connectivity index (χ1v) is 6.35. The number of pyridine rings is 1. The molecule has 94 valence electrons. The molecule has 4 heteroatoms. The molecule has 0 aromatic carbocycles. The smallest absolute Gasteiger partial charge is 0.0594 e. The molecule has 2 rings (SSSR count). The van der Waals surface area contributed by atoms with Crippen molar-refractivity contribution < 1.29 is 4.74 Å². The van der Waals surface area contributed by atoms with Crippen LogP contribution in [0.2, 0.25) is 0 Å². The van der Waals surface area contributed by atoms with Crippen molar-refractivity contribution >= 4 is 0 Å². The van der Waals surface area contributed by atoms with Gasteiger partial charge in [-0.15, -0.1) is 0 Å². The van der Waals surface area contributed by atoms with Crippen LogP contribution >= 0.6 is 0 Å². The van der Waals surface area contributed by atoms with Crippen LogP contribution in [0.25, 0.3) is 0 Å². The van der Waals surface area contributed by atoms with Crippen LogP contribution in [0, 0.1) is 0 Å². The summed E-state index contributed by atoms with van der Waals surface area (Å²) in [6, 6.07) is 4.08. The molecule has 17 heavy (non-hydrogen) atoms. The van der Waals surface area contributed by atoms with E-state index in [-0.39, 0.29) is 0 Å². The van der Waals surface area contributed by atoms with Gasteiger partial charge in [0.2, 0.25) is 0 Å². The summed E-state index contributed by atoms with van der Waals surface area (Å²) in [4.78, 5) is 6.56. The highest BCUT2D eigenvalue weighted by atomic mass is 16.5. The third kappa shape index (κ3) is 4.81. The van der Waals surface area contributed by atoms with Gasteiger partial charge in [0.25, 0.3) is 0 Å². The van der Waals surface area contributed by atoms with Crippen LogP contribution < -0.4 is 5.32 Å². The highest BCUT2D eigenvalue weighted by molar-refractivity contribution is 5.07. The Bertz CT molecular complexity index is 299. The molecule has 1 aliphatic heterocycles. The number of hydrogen-bond donors (Lipinski definition) is 1. The van der Waals surface area contributed by atoms with Gasteiger partial charge in [0.05, 0.1) is 13.2 Å². The summed E-state index contributed by atoms with van der Waals surface area (Å²) in [6.45, 7) is 7.10. The molecule has 0 unspecified atom stereocenters. The summed E-state index contributed by atoms with van der Waals surface area (Å²) >= 11 is 0. The summed E-state index contributed by atoms with van der Waals surface area (Å²) in [5.41, 5.74) is 1.25. The van der Waals surface area contributed by atoms with Gasteiger partial charge in [0, 0.05) is 32.0 Å². The molecule has 1 saturated heterocycles. The molecule has 4 nitrogen and oxygen atoms in total. The monoisotopic (exact) mass is 235 g/mol. The molecule has 1 N–H and O–H groups in total. The number of hydrogen-bond acceptors (Lipinski definition) is 4. The molecular weight excluding hydrogens is 214 g/mol. The Kier molecular flexibility index (Phi) is 5.42. The number of nitrogens with one attached hydrogen (secondary N) is 1. The van der Waals surface area contributed by atoms with Crippen molar-refractivity contribution in [2.24, 2.45) is 0 Å². The predicted molar refractivity (Wildman–Crippen MR) is 67.8 cm³/mol. The van der Waals surface area contributed by atoms with Crippen molar-refractivity contribution in [1.82, 2.24) is 15.2 Å². The second kappa shape index (κ2) is 7.37. The minimum atomic E-state index is 0.892. The SMILES string of the molecule is c1cncc(CNCCCN2CCOCC2)c1. The molecule has 0 aliphatic carbocycles. The predicted octanol–water partition coefficient (Wildman–Crippen LogP) is 0.893. The first kappa shape index (κ1) is 12.5. The topological polar surface area (TPSA) is 37.4 Å². The van der Waals surface area contributed by atoms with Crippen LogP contribution in [0.3, 0.4) is 0 Å². The number of rotatable bonds is 6. The lowest BCUT2D eigenvalue weighted by Gasteiger charge is -2.26. The van der Waals surface area contributed by atoms with Gasteiger partial charge in [-0.2, -0.15) is 0 Å². The highest BCUT2D eigenvalue weighted by Crippen LogP contribution is 1.98. The summed E-state index contributed by atoms with van der Waals surface area (Å²) in [5.74, 6) is 0. The fourth-order valence-electron chi connectivity index (χ4n) is 1.99. The molecule has 1 aliphatic rings. The van der Waals surface area contributed by atoms with Gasteiger partial charge in [-0.25, -0.2) is 0 Å². The number of morpholine rings is 1. The molecule has 0 saturated carbocycles. The van der Waals surface area contributed by atoms with E-state index in [0.29, 0.717) is 0 Å². The van der Waals surface area contributed by atoms with Crippen LogP contribution in [0.5, 0.6) is 0 Å². The number of ether oxygens (including phenoxy) is 1. The zero-order valence-electron chi connectivity index (χ0n) is 10.3. The lowest BCUT2D eigenvalue weighted by atomic mass is 10.3. The third-order valence-electron chi connectivity index (χ3n) is 2.98. The molecular formula is C13H21N3O. The molecule has 1 aromatic heterocycles. The first-order valence-electron chi connectivity index (χ1n) is 6.35. The van der Waals surface area contributed by atoms with Crippen molar-refractivity contribution in [2.75, 3.05) is 39.4 Å². The second-order valence-corrected chi connectivity index (χ2v) is 4.35. The Labute approximate surface area is 103 Å². The van der Waals surface area contributed by atoms with E-state index in [1.807, 2.05) is 18.5 Å². The number of aromatic nitrogens is 1. The van der Waals surface area contributed by atoms with E-state index >= 15 is 0 Å². The Balaban J connectivity index is 1.51.